The van der Waals surface area contributed by atoms with Crippen molar-refractivity contribution < 1.29 is 14.6 Å². The molecule has 0 atom stereocenters. The molecule has 1 aliphatic rings. The molecule has 0 aromatic carbocycles. The fourth-order valence-corrected chi connectivity index (χ4v) is 2.99. The van der Waals surface area contributed by atoms with E-state index in [1.54, 1.807) is 6.20 Å². The summed E-state index contributed by atoms with van der Waals surface area (Å²) in [4.78, 5) is 18.4. The SMILES string of the molecule is CC(C)(C)OC(=O)CCC1CCN(c2ncccc2CO)CC1. The molecule has 0 spiro atoms. The van der Waals surface area contributed by atoms with Gasteiger partial charge >= 0.3 is 5.97 Å². The van der Waals surface area contributed by atoms with Gasteiger partial charge in [0.15, 0.2) is 0 Å². The van der Waals surface area contributed by atoms with Crippen molar-refractivity contribution in [3.63, 3.8) is 0 Å². The molecule has 0 saturated carbocycles. The first kappa shape index (κ1) is 17.7. The van der Waals surface area contributed by atoms with Crippen molar-refractivity contribution in [1.82, 2.24) is 4.98 Å². The zero-order valence-corrected chi connectivity index (χ0v) is 14.4. The van der Waals surface area contributed by atoms with Crippen molar-refractivity contribution in [1.29, 1.82) is 0 Å². The maximum atomic E-state index is 11.8. The van der Waals surface area contributed by atoms with E-state index in [1.165, 1.54) is 0 Å². The Labute approximate surface area is 138 Å². The molecule has 2 heterocycles. The highest BCUT2D eigenvalue weighted by Crippen LogP contribution is 2.27. The number of esters is 1. The number of pyridine rings is 1. The minimum atomic E-state index is -0.403. The molecule has 0 amide bonds. The molecule has 1 saturated heterocycles. The van der Waals surface area contributed by atoms with Crippen LogP contribution < -0.4 is 4.90 Å². The molecule has 0 aliphatic carbocycles. The lowest BCUT2D eigenvalue weighted by molar-refractivity contribution is -0.155. The van der Waals surface area contributed by atoms with Crippen LogP contribution in [0.5, 0.6) is 0 Å². The van der Waals surface area contributed by atoms with Gasteiger partial charge in [-0.15, -0.1) is 0 Å². The number of aliphatic hydroxyl groups excluding tert-OH is 1. The molecular weight excluding hydrogens is 292 g/mol. The number of hydrogen-bond donors (Lipinski definition) is 1. The van der Waals surface area contributed by atoms with Crippen LogP contribution in [-0.2, 0) is 16.1 Å². The summed E-state index contributed by atoms with van der Waals surface area (Å²) in [7, 11) is 0. The summed E-state index contributed by atoms with van der Waals surface area (Å²) in [6.07, 6.45) is 5.24. The van der Waals surface area contributed by atoms with Crippen LogP contribution >= 0.6 is 0 Å². The number of hydrogen-bond acceptors (Lipinski definition) is 5. The highest BCUT2D eigenvalue weighted by atomic mass is 16.6. The van der Waals surface area contributed by atoms with Crippen LogP contribution in [-0.4, -0.2) is 34.8 Å². The molecule has 1 N–H and O–H groups in total. The number of anilines is 1. The Morgan fingerprint density at radius 3 is 2.70 bits per heavy atom. The summed E-state index contributed by atoms with van der Waals surface area (Å²) >= 11 is 0. The molecule has 23 heavy (non-hydrogen) atoms. The van der Waals surface area contributed by atoms with Crippen LogP contribution in [0.3, 0.4) is 0 Å². The van der Waals surface area contributed by atoms with Crippen LogP contribution in [0.25, 0.3) is 0 Å². The largest absolute Gasteiger partial charge is 0.460 e. The van der Waals surface area contributed by atoms with Gasteiger partial charge in [0.05, 0.1) is 6.61 Å². The molecule has 0 radical (unpaired) electrons. The van der Waals surface area contributed by atoms with Crippen LogP contribution in [0.4, 0.5) is 5.82 Å². The fourth-order valence-electron chi connectivity index (χ4n) is 2.99. The lowest BCUT2D eigenvalue weighted by Gasteiger charge is -2.33. The van der Waals surface area contributed by atoms with E-state index in [9.17, 15) is 9.90 Å². The van der Waals surface area contributed by atoms with Gasteiger partial charge in [0.2, 0.25) is 0 Å². The quantitative estimate of drug-likeness (QED) is 0.845. The molecule has 128 valence electrons. The van der Waals surface area contributed by atoms with Gasteiger partial charge in [-0.25, -0.2) is 4.98 Å². The zero-order valence-electron chi connectivity index (χ0n) is 14.4. The lowest BCUT2D eigenvalue weighted by atomic mass is 9.92. The van der Waals surface area contributed by atoms with Crippen molar-refractivity contribution in [3.8, 4) is 0 Å². The topological polar surface area (TPSA) is 62.7 Å². The Kier molecular flexibility index (Phi) is 5.99. The second kappa shape index (κ2) is 7.77. The third-order valence-electron chi connectivity index (χ3n) is 4.13. The van der Waals surface area contributed by atoms with Crippen LogP contribution in [0.1, 0.15) is 52.0 Å². The van der Waals surface area contributed by atoms with E-state index < -0.39 is 5.60 Å². The molecule has 5 heteroatoms. The Bertz CT molecular complexity index is 517. The molecule has 5 nitrogen and oxygen atoms in total. The molecule has 1 aromatic heterocycles. The summed E-state index contributed by atoms with van der Waals surface area (Å²) in [5, 5.41) is 9.42. The van der Waals surface area contributed by atoms with Gasteiger partial charge in [-0.05, 0) is 52.0 Å². The van der Waals surface area contributed by atoms with Gasteiger partial charge in [-0.2, -0.15) is 0 Å². The molecule has 1 fully saturated rings. The van der Waals surface area contributed by atoms with E-state index in [1.807, 2.05) is 32.9 Å². The summed E-state index contributed by atoms with van der Waals surface area (Å²) in [6.45, 7) is 7.55. The van der Waals surface area contributed by atoms with E-state index in [-0.39, 0.29) is 12.6 Å². The Balaban J connectivity index is 1.79. The minimum absolute atomic E-state index is 0.0156. The average Bonchev–Trinajstić information content (AvgIpc) is 2.52. The summed E-state index contributed by atoms with van der Waals surface area (Å²) < 4.78 is 5.36. The molecule has 0 bridgehead atoms. The Hall–Kier alpha value is -1.62. The predicted molar refractivity (Wildman–Crippen MR) is 90.2 cm³/mol. The smallest absolute Gasteiger partial charge is 0.306 e. The number of carbonyl (C=O) groups is 1. The van der Waals surface area contributed by atoms with Crippen molar-refractivity contribution >= 4 is 11.8 Å². The number of piperidine rings is 1. The van der Waals surface area contributed by atoms with Gasteiger partial charge in [0, 0.05) is 31.3 Å². The number of aliphatic hydroxyl groups is 1. The van der Waals surface area contributed by atoms with Crippen molar-refractivity contribution in [2.24, 2.45) is 5.92 Å². The summed E-state index contributed by atoms with van der Waals surface area (Å²) in [6, 6.07) is 3.76. The fraction of sp³-hybridized carbons (Fsp3) is 0.667. The lowest BCUT2D eigenvalue weighted by Crippen LogP contribution is -2.35. The average molecular weight is 320 g/mol. The number of ether oxygens (including phenoxy) is 1. The predicted octanol–water partition coefficient (Wildman–Crippen LogP) is 2.91. The highest BCUT2D eigenvalue weighted by Gasteiger charge is 2.23. The number of rotatable bonds is 5. The summed E-state index contributed by atoms with van der Waals surface area (Å²) in [5.41, 5.74) is 0.472. The van der Waals surface area contributed by atoms with E-state index in [2.05, 4.69) is 9.88 Å². The Morgan fingerprint density at radius 1 is 1.39 bits per heavy atom. The van der Waals surface area contributed by atoms with Gasteiger partial charge in [-0.3, -0.25) is 4.79 Å². The monoisotopic (exact) mass is 320 g/mol. The normalized spacial score (nSPS) is 16.4. The maximum absolute atomic E-state index is 11.8. The molecule has 1 aliphatic heterocycles. The second-order valence-electron chi connectivity index (χ2n) is 7.20. The van der Waals surface area contributed by atoms with Crippen molar-refractivity contribution in [2.45, 2.75) is 58.7 Å². The number of nitrogens with zero attached hydrogens (tertiary/aromatic N) is 2. The highest BCUT2D eigenvalue weighted by molar-refractivity contribution is 5.69. The van der Waals surface area contributed by atoms with E-state index in [0.29, 0.717) is 12.3 Å². The number of carbonyl (C=O) groups excluding carboxylic acids is 1. The standard InChI is InChI=1S/C18H28N2O3/c1-18(2,3)23-16(22)7-6-14-8-11-20(12-9-14)17-15(13-21)5-4-10-19-17/h4-5,10,14,21H,6-9,11-13H2,1-3H3. The molecule has 0 unspecified atom stereocenters. The molecule has 2 rings (SSSR count). The van der Waals surface area contributed by atoms with Gasteiger partial charge in [0.1, 0.15) is 11.4 Å². The first-order chi connectivity index (χ1) is 10.9. The number of aromatic nitrogens is 1. The van der Waals surface area contributed by atoms with Crippen LogP contribution in [0, 0.1) is 5.92 Å². The van der Waals surface area contributed by atoms with Crippen LogP contribution in [0.2, 0.25) is 0 Å². The Morgan fingerprint density at radius 2 is 2.09 bits per heavy atom. The third kappa shape index (κ3) is 5.50. The van der Waals surface area contributed by atoms with Crippen LogP contribution in [0.15, 0.2) is 18.3 Å². The first-order valence-electron chi connectivity index (χ1n) is 8.40. The van der Waals surface area contributed by atoms with Crippen molar-refractivity contribution in [3.05, 3.63) is 23.9 Å². The summed E-state index contributed by atoms with van der Waals surface area (Å²) in [5.74, 6) is 1.34. The second-order valence-corrected chi connectivity index (χ2v) is 7.20. The van der Waals surface area contributed by atoms with E-state index >= 15 is 0 Å². The minimum Gasteiger partial charge on any atom is -0.460 e. The molecule has 1 aromatic rings. The molecular formula is C18H28N2O3. The van der Waals surface area contributed by atoms with E-state index in [0.717, 1.165) is 43.7 Å². The first-order valence-corrected chi connectivity index (χ1v) is 8.40. The van der Waals surface area contributed by atoms with Gasteiger partial charge in [0.25, 0.3) is 0 Å². The van der Waals surface area contributed by atoms with Crippen molar-refractivity contribution in [2.75, 3.05) is 18.0 Å². The maximum Gasteiger partial charge on any atom is 0.306 e. The van der Waals surface area contributed by atoms with Gasteiger partial charge in [-0.1, -0.05) is 6.07 Å². The van der Waals surface area contributed by atoms with Gasteiger partial charge < -0.3 is 14.7 Å². The van der Waals surface area contributed by atoms with E-state index in [4.69, 9.17) is 4.74 Å². The zero-order chi connectivity index (χ0) is 16.9. The third-order valence-corrected chi connectivity index (χ3v) is 4.13.